The first kappa shape index (κ1) is 27.2. The number of nitrogens with zero attached hydrogens (tertiary/aromatic N) is 8. The molecule has 0 radical (unpaired) electrons. The zero-order valence-electron chi connectivity index (χ0n) is 20.8. The van der Waals surface area contributed by atoms with Crippen LogP contribution in [0.4, 0.5) is 11.8 Å². The molecular weight excluding hydrogens is 589 g/mol. The molecule has 7 rings (SSSR count). The van der Waals surface area contributed by atoms with E-state index in [1.54, 1.807) is 0 Å². The van der Waals surface area contributed by atoms with Crippen LogP contribution >= 0.6 is 7.82 Å². The number of H-pyrrole nitrogens is 1. The molecule has 6 heterocycles. The number of imidazole rings is 1. The van der Waals surface area contributed by atoms with Crippen molar-refractivity contribution in [2.45, 2.75) is 54.7 Å². The summed E-state index contributed by atoms with van der Waals surface area (Å²) in [5.41, 5.74) is 8.57. The Labute approximate surface area is 231 Å². The van der Waals surface area contributed by atoms with E-state index in [0.717, 1.165) is 21.9 Å². The van der Waals surface area contributed by atoms with Gasteiger partial charge in [-0.2, -0.15) is 9.67 Å². The van der Waals surface area contributed by atoms with E-state index in [2.05, 4.69) is 35.2 Å². The average Bonchev–Trinajstić information content (AvgIpc) is 3.47. The molecule has 1 aliphatic carbocycles. The summed E-state index contributed by atoms with van der Waals surface area (Å²) < 4.78 is 36.8. The van der Waals surface area contributed by atoms with Gasteiger partial charge in [-0.3, -0.25) is 23.4 Å². The van der Waals surface area contributed by atoms with Crippen LogP contribution in [0.5, 0.6) is 0 Å². The molecule has 22 nitrogen and oxygen atoms in total. The minimum absolute atomic E-state index is 0.0196. The molecule has 4 aromatic rings. The topological polar surface area (TPSA) is 327 Å². The van der Waals surface area contributed by atoms with Crippen molar-refractivity contribution in [1.82, 2.24) is 44.5 Å². The number of aliphatic hydroxyl groups excluding tert-OH is 3. The number of nitrogens with one attached hydrogen (secondary N) is 1. The van der Waals surface area contributed by atoms with Crippen LogP contribution < -0.4 is 17.0 Å². The molecule has 2 unspecified atom stereocenters. The first-order valence-electron chi connectivity index (χ1n) is 12.2. The van der Waals surface area contributed by atoms with Crippen LogP contribution in [0.25, 0.3) is 22.3 Å². The van der Waals surface area contributed by atoms with E-state index in [0.29, 0.717) is 0 Å². The fraction of sp³-hybridized carbons (Fsp3) is 0.526. The fourth-order valence-electron chi connectivity index (χ4n) is 5.15. The summed E-state index contributed by atoms with van der Waals surface area (Å²) in [6.45, 7) is -0.781. The number of ether oxygens (including phenoxy) is 2. The smallest absolute Gasteiger partial charge is 0.387 e. The summed E-state index contributed by atoms with van der Waals surface area (Å²) in [7, 11) is -5.11. The number of phosphoric ester groups is 1. The van der Waals surface area contributed by atoms with Gasteiger partial charge in [0.25, 0.3) is 5.56 Å². The lowest BCUT2D eigenvalue weighted by molar-refractivity contribution is -0.0973. The number of nitrogens with two attached hydrogens (primary N) is 2. The maximum absolute atomic E-state index is 13.0. The van der Waals surface area contributed by atoms with E-state index in [1.165, 1.54) is 0 Å². The number of hydrogen-bond acceptors (Lipinski definition) is 18. The molecule has 2 aliphatic heterocycles. The normalized spacial score (nSPS) is 35.5. The minimum atomic E-state index is -5.11. The van der Waals surface area contributed by atoms with Crippen molar-refractivity contribution in [2.75, 3.05) is 18.1 Å². The van der Waals surface area contributed by atoms with Gasteiger partial charge in [0.2, 0.25) is 5.95 Å². The minimum Gasteiger partial charge on any atom is -0.387 e. The second-order valence-electron chi connectivity index (χ2n) is 9.86. The van der Waals surface area contributed by atoms with Crippen LogP contribution in [0.2, 0.25) is 0 Å². The van der Waals surface area contributed by atoms with Crippen molar-refractivity contribution in [3.63, 3.8) is 0 Å². The lowest BCUT2D eigenvalue weighted by atomic mass is 10.1. The number of anilines is 2. The summed E-state index contributed by atoms with van der Waals surface area (Å²) in [6.07, 6.45) is -9.48. The van der Waals surface area contributed by atoms with E-state index >= 15 is 0 Å². The molecule has 3 fully saturated rings. The van der Waals surface area contributed by atoms with Gasteiger partial charge in [0.05, 0.1) is 12.9 Å². The van der Waals surface area contributed by atoms with E-state index < -0.39 is 74.7 Å². The van der Waals surface area contributed by atoms with Crippen molar-refractivity contribution < 1.29 is 48.4 Å². The predicted molar refractivity (Wildman–Crippen MR) is 132 cm³/mol. The average molecular weight is 611 g/mol. The second kappa shape index (κ2) is 9.15. The lowest BCUT2D eigenvalue weighted by Gasteiger charge is -2.28. The van der Waals surface area contributed by atoms with Crippen LogP contribution in [0.3, 0.4) is 0 Å². The third-order valence-corrected chi connectivity index (χ3v) is 8.32. The van der Waals surface area contributed by atoms with Crippen LogP contribution in [-0.4, -0.2) is 119 Å². The number of aromatic amines is 1. The molecular formula is C19H22N11O11P. The zero-order chi connectivity index (χ0) is 29.7. The molecule has 1 saturated carbocycles. The number of rotatable bonds is 7. The third-order valence-electron chi connectivity index (χ3n) is 7.35. The highest BCUT2D eigenvalue weighted by Gasteiger charge is 2.78. The molecule has 4 aromatic heterocycles. The molecule has 2 saturated heterocycles. The Bertz CT molecular complexity index is 1820. The van der Waals surface area contributed by atoms with Gasteiger partial charge in [0.1, 0.15) is 43.0 Å². The number of fused-ring (bicyclic) bond motifs is 3. The Kier molecular flexibility index (Phi) is 5.91. The highest BCUT2D eigenvalue weighted by Crippen LogP contribution is 2.60. The van der Waals surface area contributed by atoms with E-state index in [9.17, 15) is 34.7 Å². The first-order valence-corrected chi connectivity index (χ1v) is 13.7. The van der Waals surface area contributed by atoms with E-state index in [-0.39, 0.29) is 34.1 Å². The van der Waals surface area contributed by atoms with Gasteiger partial charge in [0.15, 0.2) is 46.2 Å². The summed E-state index contributed by atoms with van der Waals surface area (Å²) in [6, 6.07) is 0. The summed E-state index contributed by atoms with van der Waals surface area (Å²) in [5, 5.41) is 49.9. The largest absolute Gasteiger partial charge is 0.472 e. The number of phosphoric acid groups is 1. The van der Waals surface area contributed by atoms with E-state index in [4.69, 9.17) is 30.0 Å². The van der Waals surface area contributed by atoms with Crippen LogP contribution in [-0.2, 0) is 23.1 Å². The third kappa shape index (κ3) is 3.93. The highest BCUT2D eigenvalue weighted by molar-refractivity contribution is 7.47. The molecule has 0 bridgehead atoms. The Balaban J connectivity index is 1.09. The van der Waals surface area contributed by atoms with Crippen molar-refractivity contribution in [1.29, 1.82) is 0 Å². The van der Waals surface area contributed by atoms with Crippen molar-refractivity contribution >= 4 is 41.9 Å². The highest BCUT2D eigenvalue weighted by atomic mass is 31.2. The SMILES string of the molecule is Nc1nc2c(ncn2[C@@H]2O[C@@H]3C(O)[C@]3(O)[C@H]2OP(=O)(O)OC[C@H]2O[C@@H](n3nnc4c(N)ncnc43)[C@H](O)[C@@H]2O)c(=O)[nH]1. The fourth-order valence-corrected chi connectivity index (χ4v) is 6.10. The van der Waals surface area contributed by atoms with Gasteiger partial charge in [-0.05, 0) is 0 Å². The first-order chi connectivity index (χ1) is 19.9. The Morgan fingerprint density at radius 2 is 1.88 bits per heavy atom. The van der Waals surface area contributed by atoms with Gasteiger partial charge < -0.3 is 46.3 Å². The maximum Gasteiger partial charge on any atom is 0.472 e. The molecule has 42 heavy (non-hydrogen) atoms. The van der Waals surface area contributed by atoms with Crippen LogP contribution in [0, 0.1) is 0 Å². The molecule has 224 valence electrons. The standard InChI is InChI=1S/C19H22N11O11P/c20-12-5-13(23-2-22-12)30(28-27-5)16-8(32)7(31)4(39-16)1-38-42(36,37)41-11-17(40-10-9(33)19(10,11)35)29-3-24-6-14(29)25-18(21)26-15(6)34/h2-4,7-11,16-17,31-33,35H,1H2,(H,36,37)(H2,20,22,23)(H3,21,25,26,34)/t4-,7-,8-,9?,10-,11+,16-,17-,19-/m1/s1. The van der Waals surface area contributed by atoms with Gasteiger partial charge in [0, 0.05) is 0 Å². The van der Waals surface area contributed by atoms with Gasteiger partial charge in [-0.25, -0.2) is 19.5 Å². The molecule has 0 amide bonds. The van der Waals surface area contributed by atoms with Gasteiger partial charge in [-0.1, -0.05) is 5.21 Å². The van der Waals surface area contributed by atoms with E-state index in [1.807, 2.05) is 0 Å². The number of aliphatic hydroxyl groups is 4. The molecule has 0 aromatic carbocycles. The molecule has 0 spiro atoms. The van der Waals surface area contributed by atoms with Crippen LogP contribution in [0.1, 0.15) is 12.5 Å². The van der Waals surface area contributed by atoms with Crippen LogP contribution in [0.15, 0.2) is 17.4 Å². The zero-order valence-corrected chi connectivity index (χ0v) is 21.7. The summed E-state index contributed by atoms with van der Waals surface area (Å²) in [4.78, 5) is 40.7. The molecule has 10 N–H and O–H groups in total. The molecule has 3 aliphatic rings. The second-order valence-corrected chi connectivity index (χ2v) is 11.3. The summed E-state index contributed by atoms with van der Waals surface area (Å²) >= 11 is 0. The van der Waals surface area contributed by atoms with Gasteiger partial charge in [-0.15, -0.1) is 5.10 Å². The molecule has 10 atom stereocenters. The Morgan fingerprint density at radius 1 is 1.10 bits per heavy atom. The maximum atomic E-state index is 13.0. The summed E-state index contributed by atoms with van der Waals surface area (Å²) in [5.74, 6) is -0.235. The van der Waals surface area contributed by atoms with Gasteiger partial charge >= 0.3 is 7.82 Å². The number of aromatic nitrogens is 9. The van der Waals surface area contributed by atoms with Crippen molar-refractivity contribution in [2.24, 2.45) is 0 Å². The monoisotopic (exact) mass is 611 g/mol. The Morgan fingerprint density at radius 3 is 2.67 bits per heavy atom. The number of hydrogen-bond donors (Lipinski definition) is 8. The predicted octanol–water partition coefficient (Wildman–Crippen LogP) is -4.36. The van der Waals surface area contributed by atoms with Crippen molar-refractivity contribution in [3.05, 3.63) is 23.0 Å². The number of nitrogen functional groups attached to an aromatic ring is 2. The Hall–Kier alpha value is -3.70. The lowest BCUT2D eigenvalue weighted by Crippen LogP contribution is -2.39. The van der Waals surface area contributed by atoms with Crippen molar-refractivity contribution in [3.8, 4) is 0 Å². The molecule has 23 heteroatoms. The quantitative estimate of drug-likeness (QED) is 0.0915.